The number of aryl methyl sites for hydroxylation is 1. The average molecular weight is 327 g/mol. The molecule has 0 unspecified atom stereocenters. The highest BCUT2D eigenvalue weighted by Crippen LogP contribution is 2.29. The fourth-order valence-electron chi connectivity index (χ4n) is 2.78. The molecule has 1 N–H and O–H groups in total. The molecule has 0 fully saturated rings. The van der Waals surface area contributed by atoms with Gasteiger partial charge < -0.3 is 9.84 Å². The predicted octanol–water partition coefficient (Wildman–Crippen LogP) is 3.97. The van der Waals surface area contributed by atoms with Crippen LogP contribution in [0.2, 0.25) is 0 Å². The smallest absolute Gasteiger partial charge is 0.317 e. The molecule has 2 rings (SSSR count). The molecule has 0 atom stereocenters. The van der Waals surface area contributed by atoms with Gasteiger partial charge in [-0.1, -0.05) is 30.3 Å². The number of carboxylic acids is 1. The molecule has 0 bridgehead atoms. The van der Waals surface area contributed by atoms with Crippen LogP contribution in [-0.4, -0.2) is 35.7 Å². The number of aliphatic carboxylic acids is 1. The zero-order chi connectivity index (χ0) is 17.7. The molecule has 4 nitrogen and oxygen atoms in total. The molecule has 0 aromatic heterocycles. The fraction of sp³-hybridized carbons (Fsp3) is 0.350. The zero-order valence-corrected chi connectivity index (χ0v) is 14.7. The minimum Gasteiger partial charge on any atom is -0.496 e. The molecule has 2 aromatic carbocycles. The van der Waals surface area contributed by atoms with Crippen LogP contribution < -0.4 is 4.74 Å². The summed E-state index contributed by atoms with van der Waals surface area (Å²) in [7, 11) is 1.64. The fourth-order valence-corrected chi connectivity index (χ4v) is 2.78. The van der Waals surface area contributed by atoms with E-state index in [1.54, 1.807) is 7.11 Å². The van der Waals surface area contributed by atoms with Gasteiger partial charge in [0.15, 0.2) is 0 Å². The number of carbonyl (C=O) groups is 1. The molecule has 128 valence electrons. The highest BCUT2D eigenvalue weighted by atomic mass is 16.5. The first-order valence-electron chi connectivity index (χ1n) is 8.11. The second-order valence-electron chi connectivity index (χ2n) is 6.23. The summed E-state index contributed by atoms with van der Waals surface area (Å²) in [5.41, 5.74) is 4.49. The van der Waals surface area contributed by atoms with Gasteiger partial charge in [0.25, 0.3) is 0 Å². The quantitative estimate of drug-likeness (QED) is 0.836. The first-order valence-corrected chi connectivity index (χ1v) is 8.11. The third-order valence-corrected chi connectivity index (χ3v) is 4.18. The van der Waals surface area contributed by atoms with Gasteiger partial charge in [-0.25, -0.2) is 0 Å². The second-order valence-corrected chi connectivity index (χ2v) is 6.23. The third kappa shape index (κ3) is 4.36. The summed E-state index contributed by atoms with van der Waals surface area (Å²) in [5.74, 6) is -0.0406. The molecule has 24 heavy (non-hydrogen) atoms. The van der Waals surface area contributed by atoms with E-state index in [-0.39, 0.29) is 12.6 Å². The number of benzene rings is 2. The van der Waals surface area contributed by atoms with E-state index >= 15 is 0 Å². The van der Waals surface area contributed by atoms with E-state index in [0.29, 0.717) is 6.54 Å². The van der Waals surface area contributed by atoms with E-state index < -0.39 is 5.97 Å². The van der Waals surface area contributed by atoms with Crippen molar-refractivity contribution in [2.75, 3.05) is 13.7 Å². The van der Waals surface area contributed by atoms with Gasteiger partial charge >= 0.3 is 5.97 Å². The summed E-state index contributed by atoms with van der Waals surface area (Å²) < 4.78 is 5.48. The number of hydrogen-bond acceptors (Lipinski definition) is 3. The maximum absolute atomic E-state index is 11.1. The van der Waals surface area contributed by atoms with E-state index in [2.05, 4.69) is 25.1 Å². The van der Waals surface area contributed by atoms with Crippen molar-refractivity contribution in [2.24, 2.45) is 0 Å². The second kappa shape index (κ2) is 7.97. The van der Waals surface area contributed by atoms with Crippen molar-refractivity contribution >= 4 is 5.97 Å². The van der Waals surface area contributed by atoms with Gasteiger partial charge in [-0.2, -0.15) is 0 Å². The lowest BCUT2D eigenvalue weighted by Crippen LogP contribution is -2.35. The monoisotopic (exact) mass is 327 g/mol. The third-order valence-electron chi connectivity index (χ3n) is 4.18. The highest BCUT2D eigenvalue weighted by molar-refractivity contribution is 5.70. The normalized spacial score (nSPS) is 11.1. The van der Waals surface area contributed by atoms with Crippen molar-refractivity contribution in [1.29, 1.82) is 0 Å². The molecule has 0 saturated heterocycles. The number of nitrogens with zero attached hydrogens (tertiary/aromatic N) is 1. The Morgan fingerprint density at radius 1 is 1.21 bits per heavy atom. The van der Waals surface area contributed by atoms with Gasteiger partial charge in [-0.3, -0.25) is 9.69 Å². The number of ether oxygens (including phenoxy) is 1. The molecule has 0 aliphatic rings. The van der Waals surface area contributed by atoms with Crippen LogP contribution in [0.1, 0.15) is 25.0 Å². The zero-order valence-electron chi connectivity index (χ0n) is 14.7. The lowest BCUT2D eigenvalue weighted by Gasteiger charge is -2.25. The minimum absolute atomic E-state index is 0.00934. The lowest BCUT2D eigenvalue weighted by atomic mass is 9.98. The molecule has 2 aromatic rings. The lowest BCUT2D eigenvalue weighted by molar-refractivity contribution is -0.138. The summed E-state index contributed by atoms with van der Waals surface area (Å²) in [6.45, 7) is 6.63. The molecule has 0 amide bonds. The Balaban J connectivity index is 2.39. The average Bonchev–Trinajstić information content (AvgIpc) is 2.54. The van der Waals surface area contributed by atoms with E-state index in [9.17, 15) is 4.79 Å². The summed E-state index contributed by atoms with van der Waals surface area (Å²) in [6, 6.07) is 14.5. The highest BCUT2D eigenvalue weighted by Gasteiger charge is 2.17. The van der Waals surface area contributed by atoms with Crippen LogP contribution in [0.3, 0.4) is 0 Å². The van der Waals surface area contributed by atoms with Crippen LogP contribution in [-0.2, 0) is 11.3 Å². The SMILES string of the molecule is COc1ccc(-c2ccccc2C)cc1CN(CC(=O)O)C(C)C. The van der Waals surface area contributed by atoms with Gasteiger partial charge in [-0.05, 0) is 49.6 Å². The van der Waals surface area contributed by atoms with Crippen molar-refractivity contribution in [2.45, 2.75) is 33.4 Å². The summed E-state index contributed by atoms with van der Waals surface area (Å²) in [4.78, 5) is 13.0. The molecule has 4 heteroatoms. The van der Waals surface area contributed by atoms with Crippen LogP contribution in [0.25, 0.3) is 11.1 Å². The van der Waals surface area contributed by atoms with Crippen LogP contribution in [0.5, 0.6) is 5.75 Å². The van der Waals surface area contributed by atoms with Gasteiger partial charge in [-0.15, -0.1) is 0 Å². The van der Waals surface area contributed by atoms with Gasteiger partial charge in [0.05, 0.1) is 13.7 Å². The number of methoxy groups -OCH3 is 1. The first kappa shape index (κ1) is 18.0. The molecular formula is C20H25NO3. The van der Waals surface area contributed by atoms with Gasteiger partial charge in [0, 0.05) is 18.2 Å². The Bertz CT molecular complexity index is 710. The van der Waals surface area contributed by atoms with Crippen molar-refractivity contribution < 1.29 is 14.6 Å². The van der Waals surface area contributed by atoms with Crippen molar-refractivity contribution in [1.82, 2.24) is 4.90 Å². The van der Waals surface area contributed by atoms with Crippen molar-refractivity contribution in [3.05, 3.63) is 53.6 Å². The topological polar surface area (TPSA) is 49.8 Å². The molecule has 0 saturated carbocycles. The largest absolute Gasteiger partial charge is 0.496 e. The predicted molar refractivity (Wildman–Crippen MR) is 96.3 cm³/mol. The molecular weight excluding hydrogens is 302 g/mol. The molecule has 0 spiro atoms. The Morgan fingerprint density at radius 2 is 1.92 bits per heavy atom. The van der Waals surface area contributed by atoms with Crippen molar-refractivity contribution in [3.63, 3.8) is 0 Å². The number of carboxylic acid groups (broad SMARTS) is 1. The molecule has 0 radical (unpaired) electrons. The molecule has 0 aliphatic heterocycles. The molecule has 0 aliphatic carbocycles. The minimum atomic E-state index is -0.822. The Morgan fingerprint density at radius 3 is 2.50 bits per heavy atom. The van der Waals surface area contributed by atoms with Crippen LogP contribution in [0.15, 0.2) is 42.5 Å². The summed E-state index contributed by atoms with van der Waals surface area (Å²) >= 11 is 0. The Labute approximate surface area is 143 Å². The maximum atomic E-state index is 11.1. The van der Waals surface area contributed by atoms with Crippen LogP contribution >= 0.6 is 0 Å². The number of hydrogen-bond donors (Lipinski definition) is 1. The maximum Gasteiger partial charge on any atom is 0.317 e. The van der Waals surface area contributed by atoms with Crippen LogP contribution in [0.4, 0.5) is 0 Å². The Kier molecular flexibility index (Phi) is 5.99. The van der Waals surface area contributed by atoms with E-state index in [0.717, 1.165) is 16.9 Å². The summed E-state index contributed by atoms with van der Waals surface area (Å²) in [5, 5.41) is 9.13. The van der Waals surface area contributed by atoms with Gasteiger partial charge in [0.1, 0.15) is 5.75 Å². The van der Waals surface area contributed by atoms with E-state index in [4.69, 9.17) is 9.84 Å². The summed E-state index contributed by atoms with van der Waals surface area (Å²) in [6.07, 6.45) is 0. The van der Waals surface area contributed by atoms with Crippen LogP contribution in [0, 0.1) is 6.92 Å². The Hall–Kier alpha value is -2.33. The van der Waals surface area contributed by atoms with E-state index in [1.165, 1.54) is 11.1 Å². The van der Waals surface area contributed by atoms with Crippen molar-refractivity contribution in [3.8, 4) is 16.9 Å². The van der Waals surface area contributed by atoms with Gasteiger partial charge in [0.2, 0.25) is 0 Å². The first-order chi connectivity index (χ1) is 11.4. The number of rotatable bonds is 7. The van der Waals surface area contributed by atoms with E-state index in [1.807, 2.05) is 43.0 Å². The standard InChI is InChI=1S/C20H25NO3/c1-14(2)21(13-20(22)23)12-17-11-16(9-10-19(17)24-4)18-8-6-5-7-15(18)3/h5-11,14H,12-13H2,1-4H3,(H,22,23). The molecule has 0 heterocycles.